The molecule has 1 aliphatic rings. The molecule has 3 nitrogen and oxygen atoms in total. The number of hydrogen-bond donors (Lipinski definition) is 1. The largest absolute Gasteiger partial charge is 0.471 e. The van der Waals surface area contributed by atoms with E-state index in [1.807, 2.05) is 0 Å². The van der Waals surface area contributed by atoms with Crippen molar-refractivity contribution in [2.24, 2.45) is 0 Å². The number of nitrogens with one attached hydrogen (secondary N) is 1. The van der Waals surface area contributed by atoms with Gasteiger partial charge in [0, 0.05) is 19.6 Å². The lowest BCUT2D eigenvalue weighted by Crippen LogP contribution is -2.52. The lowest BCUT2D eigenvalue weighted by Gasteiger charge is -2.31. The van der Waals surface area contributed by atoms with Crippen molar-refractivity contribution in [2.45, 2.75) is 18.6 Å². The van der Waals surface area contributed by atoms with Crippen LogP contribution in [0.3, 0.4) is 0 Å². The number of carbonyl (C=O) groups is 1. The van der Waals surface area contributed by atoms with Crippen LogP contribution in [-0.2, 0) is 4.79 Å². The Balaban J connectivity index is 2.37. The fourth-order valence-corrected chi connectivity index (χ4v) is 1.13. The molecule has 0 saturated carbocycles. The minimum absolute atomic E-state index is 0.0244. The first kappa shape index (κ1) is 10.3. The lowest BCUT2D eigenvalue weighted by molar-refractivity contribution is -0.184. The molecular formula is C7H11F3N2O. The van der Waals surface area contributed by atoms with Gasteiger partial charge in [-0.05, 0) is 13.0 Å². The lowest BCUT2D eigenvalue weighted by atomic mass is 10.1. The Morgan fingerprint density at radius 2 is 2.15 bits per heavy atom. The van der Waals surface area contributed by atoms with Crippen molar-refractivity contribution in [3.8, 4) is 0 Å². The minimum Gasteiger partial charge on any atom is -0.336 e. The van der Waals surface area contributed by atoms with E-state index in [-0.39, 0.29) is 12.6 Å². The monoisotopic (exact) mass is 196 g/mol. The molecule has 13 heavy (non-hydrogen) atoms. The maximum absolute atomic E-state index is 11.9. The summed E-state index contributed by atoms with van der Waals surface area (Å²) in [5.41, 5.74) is 0. The average molecular weight is 196 g/mol. The molecule has 0 aliphatic carbocycles. The molecule has 0 spiro atoms. The predicted molar refractivity (Wildman–Crippen MR) is 40.1 cm³/mol. The third-order valence-corrected chi connectivity index (χ3v) is 2.01. The van der Waals surface area contributed by atoms with E-state index >= 15 is 0 Å². The van der Waals surface area contributed by atoms with E-state index in [0.717, 1.165) is 20.0 Å². The Morgan fingerprint density at radius 1 is 1.62 bits per heavy atom. The van der Waals surface area contributed by atoms with Gasteiger partial charge < -0.3 is 10.2 Å². The minimum atomic E-state index is -4.75. The smallest absolute Gasteiger partial charge is 0.336 e. The van der Waals surface area contributed by atoms with Crippen LogP contribution in [0.1, 0.15) is 6.42 Å². The summed E-state index contributed by atoms with van der Waals surface area (Å²) in [6.07, 6.45) is -3.92. The van der Waals surface area contributed by atoms with Gasteiger partial charge in [-0.3, -0.25) is 4.79 Å². The molecule has 1 aliphatic heterocycles. The van der Waals surface area contributed by atoms with Gasteiger partial charge in [0.15, 0.2) is 0 Å². The second kappa shape index (κ2) is 3.53. The zero-order valence-corrected chi connectivity index (χ0v) is 7.19. The molecule has 1 saturated heterocycles. The van der Waals surface area contributed by atoms with Gasteiger partial charge in [0.05, 0.1) is 0 Å². The number of carbonyl (C=O) groups excluding carboxylic acids is 1. The summed E-state index contributed by atoms with van der Waals surface area (Å²) in [5, 5.41) is 2.92. The molecule has 1 fully saturated rings. The van der Waals surface area contributed by atoms with Gasteiger partial charge in [-0.25, -0.2) is 0 Å². The highest BCUT2D eigenvalue weighted by molar-refractivity contribution is 5.81. The van der Waals surface area contributed by atoms with Gasteiger partial charge in [0.25, 0.3) is 0 Å². The van der Waals surface area contributed by atoms with Gasteiger partial charge in [0.1, 0.15) is 0 Å². The maximum atomic E-state index is 11.9. The van der Waals surface area contributed by atoms with Gasteiger partial charge >= 0.3 is 12.1 Å². The Morgan fingerprint density at radius 3 is 2.46 bits per heavy atom. The molecule has 1 rings (SSSR count). The van der Waals surface area contributed by atoms with E-state index in [4.69, 9.17) is 0 Å². The number of hydrogen-bond acceptors (Lipinski definition) is 2. The first-order valence-corrected chi connectivity index (χ1v) is 3.97. The van der Waals surface area contributed by atoms with Crippen molar-refractivity contribution in [2.75, 3.05) is 20.1 Å². The van der Waals surface area contributed by atoms with Gasteiger partial charge in [-0.2, -0.15) is 13.2 Å². The van der Waals surface area contributed by atoms with E-state index in [9.17, 15) is 18.0 Å². The van der Waals surface area contributed by atoms with Gasteiger partial charge in [-0.1, -0.05) is 0 Å². The second-order valence-corrected chi connectivity index (χ2v) is 3.12. The Bertz CT molecular complexity index is 200. The van der Waals surface area contributed by atoms with Crippen molar-refractivity contribution in [1.29, 1.82) is 0 Å². The van der Waals surface area contributed by atoms with Crippen LogP contribution in [0.2, 0.25) is 0 Å². The highest BCUT2D eigenvalue weighted by Crippen LogP contribution is 2.18. The molecule has 1 amide bonds. The van der Waals surface area contributed by atoms with Crippen molar-refractivity contribution in [3.05, 3.63) is 0 Å². The number of likely N-dealkylation sites (N-methyl/N-ethyl adjacent to an activating group) is 1. The molecule has 0 aromatic carbocycles. The van der Waals surface area contributed by atoms with E-state index in [1.165, 1.54) is 0 Å². The Hall–Kier alpha value is -0.780. The van der Waals surface area contributed by atoms with Crippen LogP contribution in [0, 0.1) is 0 Å². The molecule has 0 unspecified atom stereocenters. The van der Waals surface area contributed by atoms with Gasteiger partial charge in [0.2, 0.25) is 0 Å². The van der Waals surface area contributed by atoms with Crippen LogP contribution < -0.4 is 5.32 Å². The highest BCUT2D eigenvalue weighted by Gasteiger charge is 2.41. The van der Waals surface area contributed by atoms with Crippen molar-refractivity contribution < 1.29 is 18.0 Å². The van der Waals surface area contributed by atoms with Crippen LogP contribution in [0.15, 0.2) is 0 Å². The zero-order chi connectivity index (χ0) is 10.1. The summed E-state index contributed by atoms with van der Waals surface area (Å²) < 4.78 is 35.6. The summed E-state index contributed by atoms with van der Waals surface area (Å²) in [6, 6.07) is 0.0244. The first-order chi connectivity index (χ1) is 5.91. The summed E-state index contributed by atoms with van der Waals surface area (Å²) >= 11 is 0. The third-order valence-electron chi connectivity index (χ3n) is 2.01. The third kappa shape index (κ3) is 2.58. The first-order valence-electron chi connectivity index (χ1n) is 3.97. The summed E-state index contributed by atoms with van der Waals surface area (Å²) in [6.45, 7) is 0.942. The van der Waals surface area contributed by atoms with E-state index in [2.05, 4.69) is 5.32 Å². The zero-order valence-electron chi connectivity index (χ0n) is 7.19. The molecule has 76 valence electrons. The normalized spacial score (nSPS) is 22.3. The standard InChI is InChI=1S/C7H11F3N2O/c1-12(4-5-2-3-11-5)6(13)7(8,9)10/h5,11H,2-4H2,1H3/t5-/m0/s1. The molecule has 0 bridgehead atoms. The van der Waals surface area contributed by atoms with Crippen LogP contribution in [0.4, 0.5) is 13.2 Å². The number of halogens is 3. The summed E-state index contributed by atoms with van der Waals surface area (Å²) in [4.78, 5) is 11.3. The maximum Gasteiger partial charge on any atom is 0.471 e. The Labute approximate surface area is 73.9 Å². The molecule has 0 aromatic rings. The fourth-order valence-electron chi connectivity index (χ4n) is 1.13. The van der Waals surface area contributed by atoms with Crippen molar-refractivity contribution in [3.63, 3.8) is 0 Å². The number of amides is 1. The topological polar surface area (TPSA) is 32.3 Å². The van der Waals surface area contributed by atoms with Crippen molar-refractivity contribution in [1.82, 2.24) is 10.2 Å². The van der Waals surface area contributed by atoms with Crippen LogP contribution in [0.25, 0.3) is 0 Å². The van der Waals surface area contributed by atoms with Crippen LogP contribution >= 0.6 is 0 Å². The average Bonchev–Trinajstić information content (AvgIpc) is 1.93. The molecule has 6 heteroatoms. The van der Waals surface area contributed by atoms with E-state index in [1.54, 1.807) is 0 Å². The number of rotatable bonds is 2. The molecule has 0 aromatic heterocycles. The molecule has 1 N–H and O–H groups in total. The molecule has 1 atom stereocenters. The molecular weight excluding hydrogens is 185 g/mol. The number of alkyl halides is 3. The summed E-state index contributed by atoms with van der Waals surface area (Å²) in [5.74, 6) is -1.78. The quantitative estimate of drug-likeness (QED) is 0.692. The van der Waals surface area contributed by atoms with E-state index in [0.29, 0.717) is 4.90 Å². The van der Waals surface area contributed by atoms with E-state index < -0.39 is 12.1 Å². The number of nitrogens with zero attached hydrogens (tertiary/aromatic N) is 1. The molecule has 1 heterocycles. The predicted octanol–water partition coefficient (Wildman–Crippen LogP) is 0.369. The van der Waals surface area contributed by atoms with Crippen molar-refractivity contribution >= 4 is 5.91 Å². The Kier molecular flexibility index (Phi) is 2.80. The SMILES string of the molecule is CN(C[C@@H]1CCN1)C(=O)C(F)(F)F. The van der Waals surface area contributed by atoms with Crippen LogP contribution in [0.5, 0.6) is 0 Å². The highest BCUT2D eigenvalue weighted by atomic mass is 19.4. The van der Waals surface area contributed by atoms with Gasteiger partial charge in [-0.15, -0.1) is 0 Å². The fraction of sp³-hybridized carbons (Fsp3) is 0.857. The molecule has 0 radical (unpaired) electrons. The summed E-state index contributed by atoms with van der Waals surface area (Å²) in [7, 11) is 1.16. The van der Waals surface area contributed by atoms with Crippen LogP contribution in [-0.4, -0.2) is 43.2 Å². The second-order valence-electron chi connectivity index (χ2n) is 3.12.